The summed E-state index contributed by atoms with van der Waals surface area (Å²) in [4.78, 5) is 14.7. The Morgan fingerprint density at radius 1 is 0.953 bits per heavy atom. The molecule has 0 bridgehead atoms. The Labute approximate surface area is 254 Å². The highest BCUT2D eigenvalue weighted by Gasteiger charge is 2.26. The van der Waals surface area contributed by atoms with Crippen LogP contribution in [-0.4, -0.2) is 57.1 Å². The number of esters is 1. The van der Waals surface area contributed by atoms with E-state index in [1.54, 1.807) is 37.6 Å². The van der Waals surface area contributed by atoms with Gasteiger partial charge in [0.2, 0.25) is 0 Å². The second kappa shape index (κ2) is 13.3. The maximum Gasteiger partial charge on any atom is 0.337 e. The van der Waals surface area contributed by atoms with Gasteiger partial charge in [-0.15, -0.1) is 13.1 Å². The van der Waals surface area contributed by atoms with E-state index in [4.69, 9.17) is 14.8 Å². The van der Waals surface area contributed by atoms with Crippen molar-refractivity contribution >= 4 is 26.9 Å². The molecular formula is C34H40N3O5S-. The molecule has 8 nitrogen and oxygen atoms in total. The third-order valence-corrected chi connectivity index (χ3v) is 10.0. The zero-order valence-corrected chi connectivity index (χ0v) is 26.2. The van der Waals surface area contributed by atoms with Crippen LogP contribution in [0.4, 0.5) is 0 Å². The third kappa shape index (κ3) is 6.49. The summed E-state index contributed by atoms with van der Waals surface area (Å²) in [6.45, 7) is 6.70. The van der Waals surface area contributed by atoms with Crippen LogP contribution in [0.2, 0.25) is 0 Å². The van der Waals surface area contributed by atoms with Crippen LogP contribution < -0.4 is 4.74 Å². The number of benzene rings is 3. The monoisotopic (exact) mass is 602 g/mol. The van der Waals surface area contributed by atoms with Gasteiger partial charge in [0.1, 0.15) is 5.75 Å². The number of aryl methyl sites for hydroxylation is 2. The molecule has 43 heavy (non-hydrogen) atoms. The number of hydrogen-bond acceptors (Lipinski definition) is 6. The van der Waals surface area contributed by atoms with Crippen molar-refractivity contribution in [2.24, 2.45) is 0 Å². The van der Waals surface area contributed by atoms with Gasteiger partial charge in [0.25, 0.3) is 10.0 Å². The number of hydrogen-bond donors (Lipinski definition) is 0. The standard InChI is InChI=1S/C34H40N3O5S/c1-24-9-15-28(16-10-24)43(39,40)37-20-17-29-30(32(41-3)21-25(2)33(29)37)23-36-19-8-6-5-7-18-35-22-31(36)26-11-13-27(14-12-26)34(38)42-4/h9-17,20-21,31H,5-8,18-19,22-23H2,1-4H3/q-1. The Morgan fingerprint density at radius 2 is 1.67 bits per heavy atom. The van der Waals surface area contributed by atoms with Crippen molar-refractivity contribution in [2.75, 3.05) is 33.9 Å². The average Bonchev–Trinajstić information content (AvgIpc) is 3.48. The van der Waals surface area contributed by atoms with Crippen molar-refractivity contribution in [1.82, 2.24) is 8.87 Å². The average molecular weight is 603 g/mol. The first-order valence-electron chi connectivity index (χ1n) is 14.8. The maximum absolute atomic E-state index is 13.8. The molecule has 228 valence electrons. The van der Waals surface area contributed by atoms with Crippen LogP contribution in [-0.2, 0) is 21.3 Å². The van der Waals surface area contributed by atoms with Crippen molar-refractivity contribution in [3.8, 4) is 5.75 Å². The molecule has 0 aliphatic carbocycles. The SMILES string of the molecule is COC(=O)c1ccc(C2C[N-]CCCCCCN2Cc2c(OC)cc(C)c3c2ccn3S(=O)(=O)c2ccc(C)cc2)cc1. The molecule has 1 atom stereocenters. The topological polar surface area (TPSA) is 91.9 Å². The van der Waals surface area contributed by atoms with Crippen molar-refractivity contribution < 1.29 is 22.7 Å². The molecule has 0 radical (unpaired) electrons. The van der Waals surface area contributed by atoms with Gasteiger partial charge in [-0.1, -0.05) is 49.1 Å². The van der Waals surface area contributed by atoms with Crippen LogP contribution in [0, 0.1) is 13.8 Å². The molecule has 1 aliphatic rings. The molecule has 1 saturated heterocycles. The Balaban J connectivity index is 1.58. The van der Waals surface area contributed by atoms with Crippen molar-refractivity contribution in [2.45, 2.75) is 57.0 Å². The fraction of sp³-hybridized carbons (Fsp3) is 0.382. The van der Waals surface area contributed by atoms with Gasteiger partial charge in [0.15, 0.2) is 0 Å². The van der Waals surface area contributed by atoms with E-state index in [0.29, 0.717) is 24.2 Å². The van der Waals surface area contributed by atoms with E-state index in [9.17, 15) is 13.2 Å². The van der Waals surface area contributed by atoms with Crippen LogP contribution in [0.1, 0.15) is 64.3 Å². The fourth-order valence-corrected chi connectivity index (χ4v) is 7.35. The van der Waals surface area contributed by atoms with Gasteiger partial charge in [-0.25, -0.2) is 17.2 Å². The normalized spacial score (nSPS) is 17.1. The van der Waals surface area contributed by atoms with Gasteiger partial charge in [-0.2, -0.15) is 0 Å². The van der Waals surface area contributed by atoms with E-state index in [1.165, 1.54) is 11.1 Å². The minimum Gasteiger partial charge on any atom is -0.661 e. The molecule has 9 heteroatoms. The van der Waals surface area contributed by atoms with Crippen LogP contribution in [0.25, 0.3) is 16.2 Å². The summed E-state index contributed by atoms with van der Waals surface area (Å²) in [5, 5.41) is 5.75. The summed E-state index contributed by atoms with van der Waals surface area (Å²) in [7, 11) is -0.768. The lowest BCUT2D eigenvalue weighted by atomic mass is 9.99. The zero-order chi connectivity index (χ0) is 30.6. The number of carbonyl (C=O) groups is 1. The first kappa shape index (κ1) is 30.8. The second-order valence-corrected chi connectivity index (χ2v) is 13.0. The molecule has 0 saturated carbocycles. The Morgan fingerprint density at radius 3 is 2.37 bits per heavy atom. The van der Waals surface area contributed by atoms with Crippen molar-refractivity contribution in [3.63, 3.8) is 0 Å². The number of ether oxygens (including phenoxy) is 2. The Kier molecular flexibility index (Phi) is 9.54. The van der Waals surface area contributed by atoms with Crippen LogP contribution >= 0.6 is 0 Å². The predicted octanol–water partition coefficient (Wildman–Crippen LogP) is 6.78. The molecule has 3 aromatic carbocycles. The molecule has 0 spiro atoms. The summed E-state index contributed by atoms with van der Waals surface area (Å²) >= 11 is 0. The fourth-order valence-electron chi connectivity index (χ4n) is 5.94. The smallest absolute Gasteiger partial charge is 0.337 e. The van der Waals surface area contributed by atoms with E-state index in [1.807, 2.05) is 50.2 Å². The summed E-state index contributed by atoms with van der Waals surface area (Å²) in [5.41, 5.74) is 4.99. The Bertz CT molecular complexity index is 1680. The first-order valence-corrected chi connectivity index (χ1v) is 16.2. The maximum atomic E-state index is 13.8. The van der Waals surface area contributed by atoms with Crippen LogP contribution in [0.3, 0.4) is 0 Å². The summed E-state index contributed by atoms with van der Waals surface area (Å²) in [6, 6.07) is 18.3. The van der Waals surface area contributed by atoms with E-state index < -0.39 is 10.0 Å². The Hall–Kier alpha value is -3.66. The highest BCUT2D eigenvalue weighted by molar-refractivity contribution is 7.90. The molecule has 1 aliphatic heterocycles. The van der Waals surface area contributed by atoms with Gasteiger partial charge >= 0.3 is 5.97 Å². The minimum atomic E-state index is -3.81. The molecule has 0 amide bonds. The van der Waals surface area contributed by atoms with E-state index >= 15 is 0 Å². The molecule has 1 unspecified atom stereocenters. The molecule has 0 N–H and O–H groups in total. The molecule has 4 aromatic rings. The van der Waals surface area contributed by atoms with Gasteiger partial charge in [-0.05, 0) is 74.3 Å². The van der Waals surface area contributed by atoms with Gasteiger partial charge in [-0.3, -0.25) is 4.90 Å². The number of rotatable bonds is 7. The van der Waals surface area contributed by atoms with Crippen LogP contribution in [0.15, 0.2) is 71.8 Å². The van der Waals surface area contributed by atoms with E-state index in [2.05, 4.69) is 4.90 Å². The molecule has 2 heterocycles. The lowest BCUT2D eigenvalue weighted by Crippen LogP contribution is -2.32. The first-order chi connectivity index (χ1) is 20.7. The summed E-state index contributed by atoms with van der Waals surface area (Å²) in [5.74, 6) is 0.361. The van der Waals surface area contributed by atoms with Crippen molar-refractivity contribution in [1.29, 1.82) is 0 Å². The van der Waals surface area contributed by atoms with E-state index in [0.717, 1.165) is 72.2 Å². The molecular weight excluding hydrogens is 562 g/mol. The summed E-state index contributed by atoms with van der Waals surface area (Å²) in [6.07, 6.45) is 6.04. The number of methoxy groups -OCH3 is 2. The highest BCUT2D eigenvalue weighted by Crippen LogP contribution is 2.37. The molecule has 1 aromatic heterocycles. The van der Waals surface area contributed by atoms with E-state index in [-0.39, 0.29) is 16.9 Å². The van der Waals surface area contributed by atoms with Gasteiger partial charge in [0, 0.05) is 29.7 Å². The lowest BCUT2D eigenvalue weighted by molar-refractivity contribution is 0.0600. The zero-order valence-electron chi connectivity index (χ0n) is 25.4. The molecule has 1 fully saturated rings. The van der Waals surface area contributed by atoms with Gasteiger partial charge in [0.05, 0.1) is 30.2 Å². The minimum absolute atomic E-state index is 0.0239. The second-order valence-electron chi connectivity index (χ2n) is 11.2. The number of carbonyl (C=O) groups excluding carboxylic acids is 1. The van der Waals surface area contributed by atoms with Gasteiger partial charge < -0.3 is 14.8 Å². The lowest BCUT2D eigenvalue weighted by Gasteiger charge is -2.38. The number of nitrogens with zero attached hydrogens (tertiary/aromatic N) is 3. The van der Waals surface area contributed by atoms with Crippen molar-refractivity contribution in [3.05, 3.63) is 100.0 Å². The number of aromatic nitrogens is 1. The predicted molar refractivity (Wildman–Crippen MR) is 169 cm³/mol. The van der Waals surface area contributed by atoms with Crippen LogP contribution in [0.5, 0.6) is 5.75 Å². The summed E-state index contributed by atoms with van der Waals surface area (Å²) < 4.78 is 39.8. The highest BCUT2D eigenvalue weighted by atomic mass is 32.2. The quantitative estimate of drug-likeness (QED) is 0.217. The largest absolute Gasteiger partial charge is 0.661 e. The number of fused-ring (bicyclic) bond motifs is 1. The molecule has 5 rings (SSSR count). The third-order valence-electron chi connectivity index (χ3n) is 8.33.